The molecule has 0 saturated heterocycles. The molecule has 82 valence electrons. The van der Waals surface area contributed by atoms with Gasteiger partial charge in [-0.2, -0.15) is 8.42 Å². The first kappa shape index (κ1) is 13.1. The van der Waals surface area contributed by atoms with Gasteiger partial charge in [0, 0.05) is 6.08 Å². The Kier molecular flexibility index (Phi) is 5.36. The number of allylic oxidation sites excluding steroid dienone is 1. The number of hydrogen-bond donors (Lipinski definition) is 2. The monoisotopic (exact) mass is 223 g/mol. The fraction of sp³-hybridized carbons (Fsp3) is 0.571. The van der Waals surface area contributed by atoms with Crippen molar-refractivity contribution in [2.45, 2.75) is 20.0 Å². The third-order valence-electron chi connectivity index (χ3n) is 1.03. The first-order valence-corrected chi connectivity index (χ1v) is 5.47. The van der Waals surface area contributed by atoms with Crippen molar-refractivity contribution in [1.29, 1.82) is 0 Å². The molecule has 0 rings (SSSR count). The standard InChI is InChI=1S/C7H13NO5S/c1-3-4-7(10)8-13-14(11,12)5-6(2)9/h3-4,6,9H,5H2,1-2H3,(H,8,10). The summed E-state index contributed by atoms with van der Waals surface area (Å²) in [6.07, 6.45) is 1.50. The fourth-order valence-electron chi connectivity index (χ4n) is 0.619. The minimum absolute atomic E-state index is 0.566. The van der Waals surface area contributed by atoms with Gasteiger partial charge >= 0.3 is 0 Å². The second-order valence-corrected chi connectivity index (χ2v) is 4.24. The van der Waals surface area contributed by atoms with Crippen LogP contribution in [-0.2, 0) is 19.2 Å². The summed E-state index contributed by atoms with van der Waals surface area (Å²) in [5.74, 6) is -1.25. The van der Waals surface area contributed by atoms with Gasteiger partial charge in [-0.15, -0.1) is 4.28 Å². The highest BCUT2D eigenvalue weighted by molar-refractivity contribution is 7.86. The average molecular weight is 223 g/mol. The van der Waals surface area contributed by atoms with Crippen molar-refractivity contribution in [1.82, 2.24) is 5.48 Å². The number of hydrogen-bond acceptors (Lipinski definition) is 5. The van der Waals surface area contributed by atoms with Crippen molar-refractivity contribution in [2.24, 2.45) is 0 Å². The van der Waals surface area contributed by atoms with Crippen molar-refractivity contribution in [3.8, 4) is 0 Å². The summed E-state index contributed by atoms with van der Waals surface area (Å²) in [7, 11) is -3.91. The van der Waals surface area contributed by atoms with Gasteiger partial charge in [-0.3, -0.25) is 4.79 Å². The number of carbonyl (C=O) groups is 1. The van der Waals surface area contributed by atoms with Gasteiger partial charge in [0.2, 0.25) is 0 Å². The third-order valence-corrected chi connectivity index (χ3v) is 2.26. The van der Waals surface area contributed by atoms with Gasteiger partial charge in [0.25, 0.3) is 16.0 Å². The molecular weight excluding hydrogens is 210 g/mol. The molecule has 0 aromatic heterocycles. The van der Waals surface area contributed by atoms with Crippen molar-refractivity contribution < 1.29 is 22.6 Å². The van der Waals surface area contributed by atoms with Crippen LogP contribution >= 0.6 is 0 Å². The van der Waals surface area contributed by atoms with E-state index in [0.29, 0.717) is 0 Å². The summed E-state index contributed by atoms with van der Waals surface area (Å²) in [6.45, 7) is 2.90. The maximum Gasteiger partial charge on any atom is 0.290 e. The lowest BCUT2D eigenvalue weighted by Gasteiger charge is -2.05. The summed E-state index contributed by atoms with van der Waals surface area (Å²) in [6, 6.07) is 0. The minimum atomic E-state index is -3.91. The summed E-state index contributed by atoms with van der Waals surface area (Å²) in [5, 5.41) is 8.77. The molecule has 1 amide bonds. The van der Waals surface area contributed by atoms with Crippen LogP contribution in [0.25, 0.3) is 0 Å². The highest BCUT2D eigenvalue weighted by Gasteiger charge is 2.15. The summed E-state index contributed by atoms with van der Waals surface area (Å²) in [4.78, 5) is 10.7. The molecule has 6 nitrogen and oxygen atoms in total. The van der Waals surface area contributed by atoms with E-state index < -0.39 is 27.9 Å². The fourth-order valence-corrected chi connectivity index (χ4v) is 1.49. The van der Waals surface area contributed by atoms with Crippen LogP contribution in [0.5, 0.6) is 0 Å². The van der Waals surface area contributed by atoms with Crippen LogP contribution in [0.15, 0.2) is 12.2 Å². The molecule has 7 heteroatoms. The quantitative estimate of drug-likeness (QED) is 0.476. The van der Waals surface area contributed by atoms with E-state index in [9.17, 15) is 13.2 Å². The number of nitrogens with one attached hydrogen (secondary N) is 1. The van der Waals surface area contributed by atoms with Crippen LogP contribution in [0.4, 0.5) is 0 Å². The Morgan fingerprint density at radius 3 is 2.64 bits per heavy atom. The van der Waals surface area contributed by atoms with Crippen molar-refractivity contribution >= 4 is 16.0 Å². The molecule has 0 spiro atoms. The molecule has 0 aromatic rings. The van der Waals surface area contributed by atoms with Gasteiger partial charge in [-0.25, -0.2) is 5.48 Å². The van der Waals surface area contributed by atoms with Crippen molar-refractivity contribution in [3.05, 3.63) is 12.2 Å². The van der Waals surface area contributed by atoms with Crippen LogP contribution < -0.4 is 5.48 Å². The maximum atomic E-state index is 10.9. The molecule has 0 bridgehead atoms. The SMILES string of the molecule is CC=CC(=O)NOS(=O)(=O)CC(C)O. The normalized spacial score (nSPS) is 14.2. The molecule has 0 saturated carbocycles. The smallest absolute Gasteiger partial charge is 0.290 e. The second-order valence-electron chi connectivity index (χ2n) is 2.62. The van der Waals surface area contributed by atoms with Crippen LogP contribution in [0.2, 0.25) is 0 Å². The van der Waals surface area contributed by atoms with Gasteiger partial charge in [0.05, 0.1) is 6.10 Å². The Morgan fingerprint density at radius 1 is 1.64 bits per heavy atom. The Bertz CT molecular complexity index is 306. The van der Waals surface area contributed by atoms with Crippen LogP contribution in [0.3, 0.4) is 0 Å². The molecule has 0 radical (unpaired) electrons. The molecular formula is C7H13NO5S. The molecule has 0 aromatic carbocycles. The van der Waals surface area contributed by atoms with E-state index in [2.05, 4.69) is 4.28 Å². The molecule has 14 heavy (non-hydrogen) atoms. The van der Waals surface area contributed by atoms with Gasteiger partial charge in [0.1, 0.15) is 5.75 Å². The molecule has 0 heterocycles. The summed E-state index contributed by atoms with van der Waals surface area (Å²) < 4.78 is 26.0. The largest absolute Gasteiger partial charge is 0.392 e. The number of aliphatic hydroxyl groups excluding tert-OH is 1. The number of hydroxylamine groups is 1. The molecule has 1 atom stereocenters. The van der Waals surface area contributed by atoms with E-state index in [4.69, 9.17) is 5.11 Å². The zero-order valence-corrected chi connectivity index (χ0v) is 8.74. The van der Waals surface area contributed by atoms with Gasteiger partial charge in [0.15, 0.2) is 0 Å². The number of carbonyl (C=O) groups excluding carboxylic acids is 1. The second kappa shape index (κ2) is 5.74. The number of aliphatic hydroxyl groups is 1. The maximum absolute atomic E-state index is 10.9. The topological polar surface area (TPSA) is 92.7 Å². The molecule has 0 aliphatic heterocycles. The minimum Gasteiger partial charge on any atom is -0.392 e. The predicted molar refractivity (Wildman–Crippen MR) is 49.5 cm³/mol. The van der Waals surface area contributed by atoms with Crippen molar-refractivity contribution in [3.63, 3.8) is 0 Å². The highest BCUT2D eigenvalue weighted by atomic mass is 32.2. The van der Waals surface area contributed by atoms with E-state index >= 15 is 0 Å². The summed E-state index contributed by atoms with van der Waals surface area (Å²) in [5.41, 5.74) is 1.70. The lowest BCUT2D eigenvalue weighted by atomic mass is 10.5. The van der Waals surface area contributed by atoms with Gasteiger partial charge < -0.3 is 5.11 Å². The van der Waals surface area contributed by atoms with Gasteiger partial charge in [-0.05, 0) is 13.8 Å². The van der Waals surface area contributed by atoms with E-state index in [1.165, 1.54) is 13.0 Å². The predicted octanol–water partition coefficient (Wildman–Crippen LogP) is -0.679. The van der Waals surface area contributed by atoms with Crippen LogP contribution in [0, 0.1) is 0 Å². The van der Waals surface area contributed by atoms with E-state index in [1.807, 2.05) is 0 Å². The van der Waals surface area contributed by atoms with Gasteiger partial charge in [-0.1, -0.05) is 6.08 Å². The Balaban J connectivity index is 4.06. The molecule has 1 unspecified atom stereocenters. The first-order chi connectivity index (χ1) is 6.37. The number of rotatable bonds is 5. The number of amides is 1. The molecule has 0 aliphatic rings. The molecule has 0 fully saturated rings. The zero-order valence-electron chi connectivity index (χ0n) is 7.93. The van der Waals surface area contributed by atoms with E-state index in [-0.39, 0.29) is 0 Å². The van der Waals surface area contributed by atoms with E-state index in [0.717, 1.165) is 6.08 Å². The first-order valence-electron chi connectivity index (χ1n) is 3.89. The van der Waals surface area contributed by atoms with Crippen molar-refractivity contribution in [2.75, 3.05) is 5.75 Å². The lowest BCUT2D eigenvalue weighted by Crippen LogP contribution is -2.29. The van der Waals surface area contributed by atoms with Crippen LogP contribution in [-0.4, -0.2) is 31.3 Å². The summed E-state index contributed by atoms with van der Waals surface area (Å²) >= 11 is 0. The Hall–Kier alpha value is -0.920. The average Bonchev–Trinajstić information content (AvgIpc) is 1.99. The Morgan fingerprint density at radius 2 is 2.21 bits per heavy atom. The molecule has 2 N–H and O–H groups in total. The van der Waals surface area contributed by atoms with Crippen LogP contribution in [0.1, 0.15) is 13.8 Å². The third kappa shape index (κ3) is 6.58. The lowest BCUT2D eigenvalue weighted by molar-refractivity contribution is -0.122. The molecule has 0 aliphatic carbocycles. The zero-order chi connectivity index (χ0) is 11.2. The van der Waals surface area contributed by atoms with E-state index in [1.54, 1.807) is 12.4 Å². The Labute approximate surface area is 82.6 Å². The highest BCUT2D eigenvalue weighted by Crippen LogP contribution is 1.94.